The minimum atomic E-state index is -0.728. The van der Waals surface area contributed by atoms with Crippen LogP contribution >= 0.6 is 0 Å². The highest BCUT2D eigenvalue weighted by atomic mass is 16.6. The Morgan fingerprint density at radius 1 is 0.868 bits per heavy atom. The van der Waals surface area contributed by atoms with Gasteiger partial charge in [-0.2, -0.15) is 0 Å². The summed E-state index contributed by atoms with van der Waals surface area (Å²) >= 11 is 0. The first kappa shape index (κ1) is 30.4. The van der Waals surface area contributed by atoms with Crippen LogP contribution in [0.25, 0.3) is 6.08 Å². The number of ketones is 1. The maximum Gasteiger partial charge on any atom is 0.316 e. The zero-order chi connectivity index (χ0) is 28.7. The van der Waals surface area contributed by atoms with Gasteiger partial charge in [0.1, 0.15) is 5.75 Å². The van der Waals surface area contributed by atoms with Gasteiger partial charge in [-0.15, -0.1) is 6.58 Å². The molecule has 0 atom stereocenters. The molecule has 0 saturated heterocycles. The summed E-state index contributed by atoms with van der Waals surface area (Å²) in [6.07, 6.45) is 5.15. The Hall–Kier alpha value is -3.87. The average Bonchev–Trinajstić information content (AvgIpc) is 2.84. The fourth-order valence-corrected chi connectivity index (χ4v) is 3.18. The number of hydrogen-bond acceptors (Lipinski definition) is 7. The molecule has 0 aliphatic rings. The number of methoxy groups -OCH3 is 1. The van der Waals surface area contributed by atoms with E-state index in [0.29, 0.717) is 41.2 Å². The highest BCUT2D eigenvalue weighted by Gasteiger charge is 2.28. The molecule has 38 heavy (non-hydrogen) atoms. The molecule has 0 bridgehead atoms. The second-order valence-corrected chi connectivity index (χ2v) is 10.7. The van der Waals surface area contributed by atoms with Crippen LogP contribution in [0.5, 0.6) is 23.0 Å². The Morgan fingerprint density at radius 2 is 1.45 bits per heavy atom. The van der Waals surface area contributed by atoms with Crippen LogP contribution in [-0.2, 0) is 16.0 Å². The topological polar surface area (TPSA) is 88.1 Å². The maximum absolute atomic E-state index is 12.9. The minimum absolute atomic E-state index is 0.256. The summed E-state index contributed by atoms with van der Waals surface area (Å²) in [6.45, 7) is 16.6. The zero-order valence-corrected chi connectivity index (χ0v) is 23.6. The van der Waals surface area contributed by atoms with Gasteiger partial charge in [0.15, 0.2) is 17.3 Å². The molecule has 0 spiro atoms. The van der Waals surface area contributed by atoms with E-state index in [4.69, 9.17) is 18.9 Å². The maximum atomic E-state index is 12.9. The van der Waals surface area contributed by atoms with Crippen LogP contribution in [0.3, 0.4) is 0 Å². The van der Waals surface area contributed by atoms with Crippen molar-refractivity contribution in [1.29, 1.82) is 0 Å². The number of rotatable bonds is 10. The molecule has 7 nitrogen and oxygen atoms in total. The number of carbonyl (C=O) groups excluding carboxylic acids is 3. The Labute approximate surface area is 225 Å². The van der Waals surface area contributed by atoms with Crippen LogP contribution < -0.4 is 18.9 Å². The van der Waals surface area contributed by atoms with Crippen LogP contribution in [0.1, 0.15) is 70.0 Å². The highest BCUT2D eigenvalue weighted by molar-refractivity contribution is 6.07. The number of esters is 2. The van der Waals surface area contributed by atoms with E-state index in [1.807, 2.05) is 6.92 Å². The van der Waals surface area contributed by atoms with Crippen molar-refractivity contribution < 1.29 is 33.3 Å². The standard InChI is InChI=1S/C31H38O7/c1-10-12-21-19-22(25(36-11-2)27(35-9)26(21)38-29(34)31(6,7)8)15-18-24(32)20-13-16-23(17-14-20)37-28(33)30(3,4)5/h10,13-19H,1,11-12H2,2-9H3. The third-order valence-electron chi connectivity index (χ3n) is 5.34. The molecule has 0 radical (unpaired) electrons. The molecule has 2 aromatic carbocycles. The molecule has 0 heterocycles. The van der Waals surface area contributed by atoms with Gasteiger partial charge in [-0.1, -0.05) is 6.08 Å². The van der Waals surface area contributed by atoms with E-state index < -0.39 is 16.8 Å². The van der Waals surface area contributed by atoms with Gasteiger partial charge >= 0.3 is 11.9 Å². The van der Waals surface area contributed by atoms with E-state index in [0.717, 1.165) is 0 Å². The molecule has 2 rings (SSSR count). The number of ether oxygens (including phenoxy) is 4. The Morgan fingerprint density at radius 3 is 1.95 bits per heavy atom. The fourth-order valence-electron chi connectivity index (χ4n) is 3.18. The van der Waals surface area contributed by atoms with E-state index in [2.05, 4.69) is 6.58 Å². The zero-order valence-electron chi connectivity index (χ0n) is 23.6. The largest absolute Gasteiger partial charge is 0.490 e. The second kappa shape index (κ2) is 12.6. The average molecular weight is 523 g/mol. The second-order valence-electron chi connectivity index (χ2n) is 10.7. The molecule has 2 aromatic rings. The summed E-state index contributed by atoms with van der Waals surface area (Å²) in [5, 5.41) is 0. The smallest absolute Gasteiger partial charge is 0.316 e. The predicted octanol–water partition coefficient (Wildman–Crippen LogP) is 6.62. The van der Waals surface area contributed by atoms with Gasteiger partial charge in [-0.25, -0.2) is 0 Å². The van der Waals surface area contributed by atoms with Gasteiger partial charge in [0.2, 0.25) is 5.75 Å². The van der Waals surface area contributed by atoms with Crippen molar-refractivity contribution in [3.63, 3.8) is 0 Å². The third-order valence-corrected chi connectivity index (χ3v) is 5.34. The Bertz CT molecular complexity index is 1210. The molecule has 7 heteroatoms. The van der Waals surface area contributed by atoms with E-state index in [-0.39, 0.29) is 23.3 Å². The monoisotopic (exact) mass is 522 g/mol. The molecule has 0 aliphatic heterocycles. The van der Waals surface area contributed by atoms with Crippen LogP contribution in [-0.4, -0.2) is 31.4 Å². The van der Waals surface area contributed by atoms with Crippen LogP contribution in [0.15, 0.2) is 49.1 Å². The molecule has 204 valence electrons. The molecule has 0 aromatic heterocycles. The summed E-state index contributed by atoms with van der Waals surface area (Å²) < 4.78 is 22.6. The van der Waals surface area contributed by atoms with Crippen LogP contribution in [0, 0.1) is 10.8 Å². The van der Waals surface area contributed by atoms with Crippen LogP contribution in [0.2, 0.25) is 0 Å². The first-order chi connectivity index (χ1) is 17.7. The number of benzene rings is 2. The van der Waals surface area contributed by atoms with E-state index in [1.54, 1.807) is 84.0 Å². The van der Waals surface area contributed by atoms with Crippen molar-refractivity contribution in [3.05, 3.63) is 65.8 Å². The minimum Gasteiger partial charge on any atom is -0.490 e. The van der Waals surface area contributed by atoms with Crippen molar-refractivity contribution in [2.75, 3.05) is 13.7 Å². The van der Waals surface area contributed by atoms with E-state index >= 15 is 0 Å². The molecule has 0 amide bonds. The number of hydrogen-bond donors (Lipinski definition) is 0. The molecule has 0 N–H and O–H groups in total. The predicted molar refractivity (Wildman–Crippen MR) is 148 cm³/mol. The van der Waals surface area contributed by atoms with Gasteiger partial charge in [-0.3, -0.25) is 14.4 Å². The van der Waals surface area contributed by atoms with Crippen molar-refractivity contribution in [1.82, 2.24) is 0 Å². The van der Waals surface area contributed by atoms with Gasteiger partial charge in [0.25, 0.3) is 0 Å². The first-order valence-electron chi connectivity index (χ1n) is 12.5. The summed E-state index contributed by atoms with van der Waals surface area (Å²) in [5.41, 5.74) is 0.300. The lowest BCUT2D eigenvalue weighted by molar-refractivity contribution is -0.143. The summed E-state index contributed by atoms with van der Waals surface area (Å²) in [5.74, 6) is 0.213. The number of allylic oxidation sites excluding steroid dienone is 2. The lowest BCUT2D eigenvalue weighted by Gasteiger charge is -2.22. The summed E-state index contributed by atoms with van der Waals surface area (Å²) in [7, 11) is 1.47. The molecule has 0 saturated carbocycles. The highest BCUT2D eigenvalue weighted by Crippen LogP contribution is 2.44. The lowest BCUT2D eigenvalue weighted by Crippen LogP contribution is -2.26. The van der Waals surface area contributed by atoms with E-state index in [1.165, 1.54) is 13.2 Å². The molecule has 0 fully saturated rings. The lowest BCUT2D eigenvalue weighted by atomic mass is 9.97. The van der Waals surface area contributed by atoms with Crippen molar-refractivity contribution >= 4 is 23.8 Å². The quantitative estimate of drug-likeness (QED) is 0.114. The third kappa shape index (κ3) is 7.81. The van der Waals surface area contributed by atoms with Crippen molar-refractivity contribution in [3.8, 4) is 23.0 Å². The van der Waals surface area contributed by atoms with Gasteiger partial charge < -0.3 is 18.9 Å². The van der Waals surface area contributed by atoms with Gasteiger partial charge in [-0.05, 0) is 97.4 Å². The fraction of sp³-hybridized carbons (Fsp3) is 0.387. The van der Waals surface area contributed by atoms with Crippen molar-refractivity contribution in [2.24, 2.45) is 10.8 Å². The normalized spacial score (nSPS) is 11.7. The van der Waals surface area contributed by atoms with E-state index in [9.17, 15) is 14.4 Å². The van der Waals surface area contributed by atoms with Crippen molar-refractivity contribution in [2.45, 2.75) is 54.9 Å². The SMILES string of the molecule is C=CCc1cc(C=CC(=O)c2ccc(OC(=O)C(C)(C)C)cc2)c(OCC)c(OC)c1OC(=O)C(C)(C)C. The molecular formula is C31H38O7. The summed E-state index contributed by atoms with van der Waals surface area (Å²) in [4.78, 5) is 37.7. The molecular weight excluding hydrogens is 484 g/mol. The van der Waals surface area contributed by atoms with Crippen LogP contribution in [0.4, 0.5) is 0 Å². The Balaban J connectivity index is 2.44. The first-order valence-corrected chi connectivity index (χ1v) is 12.5. The summed E-state index contributed by atoms with van der Waals surface area (Å²) in [6, 6.07) is 8.15. The molecule has 0 unspecified atom stereocenters. The van der Waals surface area contributed by atoms with Gasteiger partial charge in [0.05, 0.1) is 24.5 Å². The Kier molecular flexibility index (Phi) is 10.1. The van der Waals surface area contributed by atoms with Gasteiger partial charge in [0, 0.05) is 16.7 Å². The molecule has 0 aliphatic carbocycles. The number of carbonyl (C=O) groups is 3.